The summed E-state index contributed by atoms with van der Waals surface area (Å²) in [4.78, 5) is 14.5. The van der Waals surface area contributed by atoms with Crippen molar-refractivity contribution in [3.05, 3.63) is 35.9 Å². The van der Waals surface area contributed by atoms with E-state index in [4.69, 9.17) is 4.74 Å². The van der Waals surface area contributed by atoms with E-state index in [1.165, 1.54) is 0 Å². The first-order chi connectivity index (χ1) is 11.1. The third kappa shape index (κ3) is 5.61. The van der Waals surface area contributed by atoms with E-state index in [1.807, 2.05) is 30.3 Å². The lowest BCUT2D eigenvalue weighted by Crippen LogP contribution is -2.51. The maximum absolute atomic E-state index is 12.1. The molecule has 1 saturated heterocycles. The number of morpholine rings is 1. The van der Waals surface area contributed by atoms with Gasteiger partial charge in [-0.2, -0.15) is 0 Å². The van der Waals surface area contributed by atoms with Crippen LogP contribution in [-0.2, 0) is 9.53 Å². The Hall–Kier alpha value is -1.43. The van der Waals surface area contributed by atoms with Crippen molar-refractivity contribution in [1.82, 2.24) is 10.2 Å². The molecule has 0 bridgehead atoms. The largest absolute Gasteiger partial charge is 0.388 e. The van der Waals surface area contributed by atoms with Gasteiger partial charge in [-0.3, -0.25) is 9.69 Å². The SMILES string of the molecule is CC(C)C(CNC(=O)CC(O)c1ccccc1)N1CCOCC1. The molecule has 1 heterocycles. The predicted molar refractivity (Wildman–Crippen MR) is 90.0 cm³/mol. The highest BCUT2D eigenvalue weighted by molar-refractivity contribution is 5.76. The molecule has 5 heteroatoms. The topological polar surface area (TPSA) is 61.8 Å². The molecule has 0 spiro atoms. The van der Waals surface area contributed by atoms with Gasteiger partial charge in [0.05, 0.1) is 25.7 Å². The Morgan fingerprint density at radius 3 is 2.52 bits per heavy atom. The van der Waals surface area contributed by atoms with Crippen molar-refractivity contribution < 1.29 is 14.6 Å². The van der Waals surface area contributed by atoms with Crippen LogP contribution in [0.1, 0.15) is 31.9 Å². The number of aliphatic hydroxyl groups is 1. The first kappa shape index (κ1) is 17.9. The molecule has 2 atom stereocenters. The molecule has 0 radical (unpaired) electrons. The summed E-state index contributed by atoms with van der Waals surface area (Å²) in [6, 6.07) is 9.60. The Labute approximate surface area is 138 Å². The number of hydrogen-bond donors (Lipinski definition) is 2. The minimum atomic E-state index is -0.753. The van der Waals surface area contributed by atoms with E-state index in [9.17, 15) is 9.90 Å². The van der Waals surface area contributed by atoms with Crippen LogP contribution in [0.25, 0.3) is 0 Å². The molecule has 128 valence electrons. The van der Waals surface area contributed by atoms with E-state index < -0.39 is 6.10 Å². The molecule has 5 nitrogen and oxygen atoms in total. The first-order valence-corrected chi connectivity index (χ1v) is 8.39. The highest BCUT2D eigenvalue weighted by Gasteiger charge is 2.24. The lowest BCUT2D eigenvalue weighted by molar-refractivity contribution is -0.123. The minimum Gasteiger partial charge on any atom is -0.388 e. The summed E-state index contributed by atoms with van der Waals surface area (Å²) in [5.41, 5.74) is 0.774. The van der Waals surface area contributed by atoms with Crippen molar-refractivity contribution in [2.24, 2.45) is 5.92 Å². The molecule has 0 aliphatic carbocycles. The Balaban J connectivity index is 1.81. The van der Waals surface area contributed by atoms with Gasteiger partial charge in [-0.15, -0.1) is 0 Å². The second kappa shape index (κ2) is 9.01. The minimum absolute atomic E-state index is 0.0952. The molecule has 1 fully saturated rings. The van der Waals surface area contributed by atoms with Gasteiger partial charge >= 0.3 is 0 Å². The standard InChI is InChI=1S/C18H28N2O3/c1-14(2)16(20-8-10-23-11-9-20)13-19-18(22)12-17(21)15-6-4-3-5-7-15/h3-7,14,16-17,21H,8-13H2,1-2H3,(H,19,22). The van der Waals surface area contributed by atoms with Crippen LogP contribution in [0.3, 0.4) is 0 Å². The first-order valence-electron chi connectivity index (χ1n) is 8.39. The van der Waals surface area contributed by atoms with Crippen LogP contribution in [0.15, 0.2) is 30.3 Å². The van der Waals surface area contributed by atoms with Crippen LogP contribution in [0.4, 0.5) is 0 Å². The fourth-order valence-electron chi connectivity index (χ4n) is 2.95. The summed E-state index contributed by atoms with van der Waals surface area (Å²) in [5.74, 6) is 0.340. The van der Waals surface area contributed by atoms with Gasteiger partial charge < -0.3 is 15.2 Å². The number of amides is 1. The number of carbonyl (C=O) groups is 1. The number of benzene rings is 1. The van der Waals surface area contributed by atoms with E-state index in [0.717, 1.165) is 31.9 Å². The number of hydrogen-bond acceptors (Lipinski definition) is 4. The van der Waals surface area contributed by atoms with Crippen LogP contribution >= 0.6 is 0 Å². The average molecular weight is 320 g/mol. The maximum Gasteiger partial charge on any atom is 0.223 e. The zero-order valence-corrected chi connectivity index (χ0v) is 14.1. The Morgan fingerprint density at radius 2 is 1.91 bits per heavy atom. The quantitative estimate of drug-likeness (QED) is 0.801. The molecular formula is C18H28N2O3. The van der Waals surface area contributed by atoms with Crippen LogP contribution in [0.2, 0.25) is 0 Å². The maximum atomic E-state index is 12.1. The van der Waals surface area contributed by atoms with Gasteiger partial charge in [0.25, 0.3) is 0 Å². The van der Waals surface area contributed by atoms with Crippen LogP contribution in [0, 0.1) is 5.92 Å². The Morgan fingerprint density at radius 1 is 1.26 bits per heavy atom. The van der Waals surface area contributed by atoms with Crippen molar-refractivity contribution in [1.29, 1.82) is 0 Å². The number of nitrogens with zero attached hydrogens (tertiary/aromatic N) is 1. The second-order valence-electron chi connectivity index (χ2n) is 6.39. The van der Waals surface area contributed by atoms with E-state index in [-0.39, 0.29) is 12.3 Å². The van der Waals surface area contributed by atoms with Crippen molar-refractivity contribution in [3.63, 3.8) is 0 Å². The molecule has 1 aromatic carbocycles. The molecule has 23 heavy (non-hydrogen) atoms. The van der Waals surface area contributed by atoms with E-state index in [0.29, 0.717) is 18.5 Å². The second-order valence-corrected chi connectivity index (χ2v) is 6.39. The van der Waals surface area contributed by atoms with Gasteiger partial charge in [-0.05, 0) is 11.5 Å². The lowest BCUT2D eigenvalue weighted by atomic mass is 10.0. The van der Waals surface area contributed by atoms with Gasteiger partial charge in [0.15, 0.2) is 0 Å². The highest BCUT2D eigenvalue weighted by atomic mass is 16.5. The summed E-state index contributed by atoms with van der Waals surface area (Å²) in [7, 11) is 0. The molecule has 1 amide bonds. The van der Waals surface area contributed by atoms with Crippen molar-refractivity contribution in [3.8, 4) is 0 Å². The highest BCUT2D eigenvalue weighted by Crippen LogP contribution is 2.16. The zero-order valence-electron chi connectivity index (χ0n) is 14.1. The van der Waals surface area contributed by atoms with Gasteiger partial charge in [-0.1, -0.05) is 44.2 Å². The molecule has 2 unspecified atom stereocenters. The van der Waals surface area contributed by atoms with Gasteiger partial charge in [0.2, 0.25) is 5.91 Å². The molecule has 2 rings (SSSR count). The van der Waals surface area contributed by atoms with Gasteiger partial charge in [0.1, 0.15) is 0 Å². The molecule has 2 N–H and O–H groups in total. The lowest BCUT2D eigenvalue weighted by Gasteiger charge is -2.37. The molecule has 1 aliphatic rings. The zero-order chi connectivity index (χ0) is 16.7. The third-order valence-corrected chi connectivity index (χ3v) is 4.36. The Kier molecular flexibility index (Phi) is 7.02. The summed E-state index contributed by atoms with van der Waals surface area (Å²) in [6.07, 6.45) is -0.658. The normalized spacial score (nSPS) is 18.6. The number of ether oxygens (including phenoxy) is 1. The van der Waals surface area contributed by atoms with E-state index >= 15 is 0 Å². The van der Waals surface area contributed by atoms with Crippen molar-refractivity contribution in [2.75, 3.05) is 32.8 Å². The summed E-state index contributed by atoms with van der Waals surface area (Å²) in [5, 5.41) is 13.1. The van der Waals surface area contributed by atoms with Crippen LogP contribution in [-0.4, -0.2) is 54.8 Å². The third-order valence-electron chi connectivity index (χ3n) is 4.36. The van der Waals surface area contributed by atoms with Gasteiger partial charge in [-0.25, -0.2) is 0 Å². The fourth-order valence-corrected chi connectivity index (χ4v) is 2.95. The smallest absolute Gasteiger partial charge is 0.223 e. The van der Waals surface area contributed by atoms with E-state index in [2.05, 4.69) is 24.1 Å². The molecular weight excluding hydrogens is 292 g/mol. The van der Waals surface area contributed by atoms with E-state index in [1.54, 1.807) is 0 Å². The van der Waals surface area contributed by atoms with Crippen molar-refractivity contribution >= 4 is 5.91 Å². The number of aliphatic hydroxyl groups excluding tert-OH is 1. The molecule has 0 aromatic heterocycles. The summed E-state index contributed by atoms with van der Waals surface area (Å²) < 4.78 is 5.39. The predicted octanol–water partition coefficient (Wildman–Crippen LogP) is 1.58. The average Bonchev–Trinajstić information content (AvgIpc) is 2.56. The van der Waals surface area contributed by atoms with Crippen LogP contribution in [0.5, 0.6) is 0 Å². The molecule has 0 saturated carbocycles. The number of carbonyl (C=O) groups excluding carboxylic acids is 1. The molecule has 1 aliphatic heterocycles. The van der Waals surface area contributed by atoms with Gasteiger partial charge in [0, 0.05) is 25.7 Å². The fraction of sp³-hybridized carbons (Fsp3) is 0.611. The number of rotatable bonds is 7. The monoisotopic (exact) mass is 320 g/mol. The van der Waals surface area contributed by atoms with Crippen molar-refractivity contribution in [2.45, 2.75) is 32.4 Å². The number of nitrogens with one attached hydrogen (secondary N) is 1. The molecule has 1 aromatic rings. The Bertz CT molecular complexity index is 472. The summed E-state index contributed by atoms with van der Waals surface area (Å²) >= 11 is 0. The van der Waals surface area contributed by atoms with Crippen LogP contribution < -0.4 is 5.32 Å². The summed E-state index contributed by atoms with van der Waals surface area (Å²) in [6.45, 7) is 8.28.